The predicted molar refractivity (Wildman–Crippen MR) is 79.9 cm³/mol. The first-order valence-electron chi connectivity index (χ1n) is 6.61. The van der Waals surface area contributed by atoms with Crippen LogP contribution < -0.4 is 5.73 Å². The Morgan fingerprint density at radius 2 is 1.95 bits per heavy atom. The lowest BCUT2D eigenvalue weighted by Gasteiger charge is -2.02. The lowest BCUT2D eigenvalue weighted by Crippen LogP contribution is -2.04. The number of nitrogens with two attached hydrogens (primary N) is 1. The van der Waals surface area contributed by atoms with E-state index in [2.05, 4.69) is 0 Å². The zero-order valence-electron chi connectivity index (χ0n) is 11.2. The summed E-state index contributed by atoms with van der Waals surface area (Å²) in [7, 11) is 0. The van der Waals surface area contributed by atoms with Crippen LogP contribution in [0.25, 0.3) is 11.0 Å². The highest BCUT2D eigenvalue weighted by molar-refractivity contribution is 6.17. The summed E-state index contributed by atoms with van der Waals surface area (Å²) in [6.07, 6.45) is 0.679. The molecule has 0 saturated carbocycles. The van der Waals surface area contributed by atoms with Crippen LogP contribution in [0, 0.1) is 0 Å². The molecule has 3 nitrogen and oxygen atoms in total. The molecule has 0 aliphatic heterocycles. The van der Waals surface area contributed by atoms with Crippen LogP contribution in [0.2, 0.25) is 0 Å². The number of hydrogen-bond donors (Lipinski definition) is 1. The molecular weight excluding hydrogens is 250 g/mol. The van der Waals surface area contributed by atoms with Crippen molar-refractivity contribution in [3.05, 3.63) is 65.4 Å². The van der Waals surface area contributed by atoms with Gasteiger partial charge in [0.2, 0.25) is 0 Å². The number of para-hydroxylation sites is 1. The number of hydrogen-bond acceptors (Lipinski definition) is 3. The minimum absolute atomic E-state index is 0.0425. The predicted octanol–water partition coefficient (Wildman–Crippen LogP) is 3.81. The average molecular weight is 265 g/mol. The Morgan fingerprint density at radius 1 is 1.15 bits per heavy atom. The summed E-state index contributed by atoms with van der Waals surface area (Å²) in [5.74, 6) is 0.678. The third-order valence-electron chi connectivity index (χ3n) is 3.37. The molecule has 0 fully saturated rings. The Bertz CT molecular complexity index is 787. The molecule has 3 heteroatoms. The molecule has 3 aromatic rings. The Balaban J connectivity index is 2.20. The molecule has 0 radical (unpaired) electrons. The van der Waals surface area contributed by atoms with Gasteiger partial charge in [0.05, 0.1) is 5.56 Å². The minimum Gasteiger partial charge on any atom is -0.460 e. The third kappa shape index (κ3) is 1.97. The lowest BCUT2D eigenvalue weighted by atomic mass is 9.99. The number of aryl methyl sites for hydroxylation is 1. The van der Waals surface area contributed by atoms with E-state index in [9.17, 15) is 4.79 Å². The van der Waals surface area contributed by atoms with E-state index in [1.807, 2.05) is 31.2 Å². The molecule has 3 rings (SSSR count). The molecule has 1 aromatic heterocycles. The van der Waals surface area contributed by atoms with Crippen molar-refractivity contribution in [2.75, 3.05) is 5.73 Å². The summed E-state index contributed by atoms with van der Waals surface area (Å²) in [6.45, 7) is 1.98. The summed E-state index contributed by atoms with van der Waals surface area (Å²) in [6, 6.07) is 14.6. The van der Waals surface area contributed by atoms with Gasteiger partial charge in [-0.2, -0.15) is 0 Å². The first kappa shape index (κ1) is 12.5. The molecule has 0 aliphatic carbocycles. The fraction of sp³-hybridized carbons (Fsp3) is 0.118. The van der Waals surface area contributed by atoms with Crippen molar-refractivity contribution in [3.8, 4) is 0 Å². The van der Waals surface area contributed by atoms with Crippen LogP contribution in [-0.4, -0.2) is 5.78 Å². The Morgan fingerprint density at radius 3 is 2.70 bits per heavy atom. The van der Waals surface area contributed by atoms with E-state index >= 15 is 0 Å². The summed E-state index contributed by atoms with van der Waals surface area (Å²) in [5, 5.41) is 0.858. The highest BCUT2D eigenvalue weighted by Crippen LogP contribution is 2.28. The number of furan rings is 1. The normalized spacial score (nSPS) is 10.8. The van der Waals surface area contributed by atoms with E-state index in [4.69, 9.17) is 10.2 Å². The quantitative estimate of drug-likeness (QED) is 0.578. The van der Waals surface area contributed by atoms with E-state index in [1.165, 1.54) is 0 Å². The van der Waals surface area contributed by atoms with Crippen LogP contribution in [0.3, 0.4) is 0 Å². The number of fused-ring (bicyclic) bond motifs is 1. The van der Waals surface area contributed by atoms with Crippen LogP contribution in [0.4, 0.5) is 5.69 Å². The maximum Gasteiger partial charge on any atom is 0.197 e. The maximum atomic E-state index is 12.7. The standard InChI is InChI=1S/C17H15NO2/c1-2-14-16(13-8-3-4-9-15(13)20-14)17(19)11-6-5-7-12(18)10-11/h3-10H,2,18H2,1H3. The zero-order chi connectivity index (χ0) is 14.1. The van der Waals surface area contributed by atoms with Crippen molar-refractivity contribution < 1.29 is 9.21 Å². The van der Waals surface area contributed by atoms with Gasteiger partial charge >= 0.3 is 0 Å². The molecule has 2 aromatic carbocycles. The van der Waals surface area contributed by atoms with Crippen LogP contribution >= 0.6 is 0 Å². The van der Waals surface area contributed by atoms with Crippen molar-refractivity contribution >= 4 is 22.4 Å². The first-order valence-corrected chi connectivity index (χ1v) is 6.61. The topological polar surface area (TPSA) is 56.2 Å². The van der Waals surface area contributed by atoms with Crippen molar-refractivity contribution in [1.29, 1.82) is 0 Å². The van der Waals surface area contributed by atoms with Gasteiger partial charge in [0.15, 0.2) is 5.78 Å². The highest BCUT2D eigenvalue weighted by Gasteiger charge is 2.20. The Kier molecular flexibility index (Phi) is 3.03. The van der Waals surface area contributed by atoms with Crippen LogP contribution in [0.15, 0.2) is 52.9 Å². The summed E-state index contributed by atoms with van der Waals surface area (Å²) < 4.78 is 5.77. The van der Waals surface area contributed by atoms with Gasteiger partial charge in [0, 0.05) is 23.1 Å². The number of carbonyl (C=O) groups excluding carboxylic acids is 1. The highest BCUT2D eigenvalue weighted by atomic mass is 16.3. The monoisotopic (exact) mass is 265 g/mol. The van der Waals surface area contributed by atoms with Crippen molar-refractivity contribution in [2.24, 2.45) is 0 Å². The van der Waals surface area contributed by atoms with Gasteiger partial charge in [-0.25, -0.2) is 0 Å². The van der Waals surface area contributed by atoms with Gasteiger partial charge in [0.1, 0.15) is 11.3 Å². The molecule has 0 saturated heterocycles. The molecule has 2 N–H and O–H groups in total. The maximum absolute atomic E-state index is 12.7. The van der Waals surface area contributed by atoms with Gasteiger partial charge in [-0.05, 0) is 18.2 Å². The van der Waals surface area contributed by atoms with Gasteiger partial charge in [-0.15, -0.1) is 0 Å². The number of anilines is 1. The van der Waals surface area contributed by atoms with Crippen LogP contribution in [0.5, 0.6) is 0 Å². The molecule has 0 spiro atoms. The second-order valence-corrected chi connectivity index (χ2v) is 4.70. The number of rotatable bonds is 3. The molecule has 1 heterocycles. The molecule has 0 unspecified atom stereocenters. The van der Waals surface area contributed by atoms with Crippen molar-refractivity contribution in [3.63, 3.8) is 0 Å². The molecule has 100 valence electrons. The Hall–Kier alpha value is -2.55. The van der Waals surface area contributed by atoms with Crippen molar-refractivity contribution in [2.45, 2.75) is 13.3 Å². The van der Waals surface area contributed by atoms with Gasteiger partial charge in [0.25, 0.3) is 0 Å². The van der Waals surface area contributed by atoms with Crippen LogP contribution in [0.1, 0.15) is 28.6 Å². The second-order valence-electron chi connectivity index (χ2n) is 4.70. The molecule has 0 aliphatic rings. The van der Waals surface area contributed by atoms with Gasteiger partial charge < -0.3 is 10.2 Å². The summed E-state index contributed by atoms with van der Waals surface area (Å²) in [4.78, 5) is 12.7. The first-order chi connectivity index (χ1) is 9.70. The third-order valence-corrected chi connectivity index (χ3v) is 3.37. The minimum atomic E-state index is -0.0425. The number of carbonyl (C=O) groups is 1. The summed E-state index contributed by atoms with van der Waals surface area (Å²) in [5.41, 5.74) is 8.33. The largest absolute Gasteiger partial charge is 0.460 e. The fourth-order valence-corrected chi connectivity index (χ4v) is 2.42. The number of benzene rings is 2. The lowest BCUT2D eigenvalue weighted by molar-refractivity contribution is 0.103. The number of ketones is 1. The van der Waals surface area contributed by atoms with E-state index in [0.717, 1.165) is 16.7 Å². The van der Waals surface area contributed by atoms with Crippen LogP contribution in [-0.2, 0) is 6.42 Å². The molecule has 0 bridgehead atoms. The molecule has 0 atom stereocenters. The van der Waals surface area contributed by atoms with Gasteiger partial charge in [-0.3, -0.25) is 4.79 Å². The van der Waals surface area contributed by atoms with Crippen molar-refractivity contribution in [1.82, 2.24) is 0 Å². The molecular formula is C17H15NO2. The summed E-state index contributed by atoms with van der Waals surface area (Å²) >= 11 is 0. The SMILES string of the molecule is CCc1oc2ccccc2c1C(=O)c1cccc(N)c1. The van der Waals surface area contributed by atoms with E-state index < -0.39 is 0 Å². The van der Waals surface area contributed by atoms with Gasteiger partial charge in [-0.1, -0.05) is 37.3 Å². The fourth-order valence-electron chi connectivity index (χ4n) is 2.42. The molecule has 0 amide bonds. The van der Waals surface area contributed by atoms with E-state index in [-0.39, 0.29) is 5.78 Å². The average Bonchev–Trinajstić information content (AvgIpc) is 2.85. The Labute approximate surface area is 117 Å². The van der Waals surface area contributed by atoms with E-state index in [1.54, 1.807) is 24.3 Å². The second kappa shape index (κ2) is 4.85. The smallest absolute Gasteiger partial charge is 0.197 e. The molecule has 20 heavy (non-hydrogen) atoms. The van der Waals surface area contributed by atoms with E-state index in [0.29, 0.717) is 23.2 Å². The zero-order valence-corrected chi connectivity index (χ0v) is 11.2. The number of nitrogen functional groups attached to an aromatic ring is 1.